The van der Waals surface area contributed by atoms with Crippen LogP contribution in [0.3, 0.4) is 0 Å². The van der Waals surface area contributed by atoms with Gasteiger partial charge >= 0.3 is 12.3 Å². The molecule has 26 heavy (non-hydrogen) atoms. The normalized spacial score (nSPS) is 18.4. The molecule has 2 rings (SSSR count). The summed E-state index contributed by atoms with van der Waals surface area (Å²) in [5.41, 5.74) is -0.579. The molecule has 0 saturated carbocycles. The molecule has 0 spiro atoms. The second-order valence-corrected chi connectivity index (χ2v) is 7.17. The van der Waals surface area contributed by atoms with Crippen LogP contribution >= 0.6 is 0 Å². The van der Waals surface area contributed by atoms with Crippen LogP contribution in [0.2, 0.25) is 0 Å². The minimum Gasteiger partial charge on any atom is -0.468 e. The van der Waals surface area contributed by atoms with E-state index in [2.05, 4.69) is 10.3 Å². The predicted octanol–water partition coefficient (Wildman–Crippen LogP) is 3.52. The Labute approximate surface area is 150 Å². The Morgan fingerprint density at radius 1 is 1.35 bits per heavy atom. The number of nitrogens with zero attached hydrogens (tertiary/aromatic N) is 2. The average Bonchev–Trinajstić information content (AvgIpc) is 2.51. The predicted molar refractivity (Wildman–Crippen MR) is 90.4 cm³/mol. The van der Waals surface area contributed by atoms with Gasteiger partial charge in [0.25, 0.3) is 0 Å². The zero-order valence-corrected chi connectivity index (χ0v) is 15.1. The van der Waals surface area contributed by atoms with Crippen molar-refractivity contribution < 1.29 is 27.4 Å². The van der Waals surface area contributed by atoms with Crippen LogP contribution in [0.15, 0.2) is 18.2 Å². The number of pyridine rings is 1. The summed E-state index contributed by atoms with van der Waals surface area (Å²) in [6.07, 6.45) is -3.29. The van der Waals surface area contributed by atoms with E-state index in [9.17, 15) is 18.0 Å². The maximum atomic E-state index is 12.3. The fourth-order valence-corrected chi connectivity index (χ4v) is 2.59. The number of amides is 1. The van der Waals surface area contributed by atoms with Gasteiger partial charge < -0.3 is 19.7 Å². The molecule has 1 atom stereocenters. The summed E-state index contributed by atoms with van der Waals surface area (Å²) >= 11 is 0. The van der Waals surface area contributed by atoms with Gasteiger partial charge in [-0.1, -0.05) is 6.07 Å². The number of piperidine rings is 1. The van der Waals surface area contributed by atoms with Crippen molar-refractivity contribution in [2.45, 2.75) is 51.4 Å². The number of aromatic nitrogens is 1. The molecule has 9 heteroatoms. The largest absolute Gasteiger partial charge is 0.468 e. The standard InChI is InChI=1S/C17H24F3N3O3/c1-16(2,3)26-15(24)21-12-6-5-9-23(10-12)13-7-4-8-14(22-13)25-11-17(18,19)20/h4,7-8,12H,5-6,9-11H2,1-3H3,(H,21,24). The van der Waals surface area contributed by atoms with Crippen LogP contribution in [0, 0.1) is 0 Å². The first-order valence-corrected chi connectivity index (χ1v) is 8.43. The Bertz CT molecular complexity index is 617. The number of hydrogen-bond acceptors (Lipinski definition) is 5. The van der Waals surface area contributed by atoms with Crippen molar-refractivity contribution in [3.05, 3.63) is 18.2 Å². The fourth-order valence-electron chi connectivity index (χ4n) is 2.59. The van der Waals surface area contributed by atoms with Gasteiger partial charge in [-0.05, 0) is 39.7 Å². The molecule has 1 N–H and O–H groups in total. The SMILES string of the molecule is CC(C)(C)OC(=O)NC1CCCN(c2cccc(OCC(F)(F)F)n2)C1. The highest BCUT2D eigenvalue weighted by Crippen LogP contribution is 2.22. The maximum absolute atomic E-state index is 12.3. The van der Waals surface area contributed by atoms with Crippen LogP contribution in [0.4, 0.5) is 23.8 Å². The number of hydrogen-bond donors (Lipinski definition) is 1. The van der Waals surface area contributed by atoms with E-state index in [1.54, 1.807) is 32.9 Å². The van der Waals surface area contributed by atoms with Crippen molar-refractivity contribution in [1.82, 2.24) is 10.3 Å². The molecule has 1 fully saturated rings. The lowest BCUT2D eigenvalue weighted by Crippen LogP contribution is -2.49. The lowest BCUT2D eigenvalue weighted by Gasteiger charge is -2.34. The zero-order chi connectivity index (χ0) is 19.4. The van der Waals surface area contributed by atoms with E-state index < -0.39 is 24.5 Å². The number of rotatable bonds is 4. The monoisotopic (exact) mass is 375 g/mol. The molecule has 2 heterocycles. The number of halogens is 3. The Balaban J connectivity index is 1.95. The topological polar surface area (TPSA) is 63.7 Å². The van der Waals surface area contributed by atoms with Crippen LogP contribution in [0.1, 0.15) is 33.6 Å². The number of carbonyl (C=O) groups excluding carboxylic acids is 1. The summed E-state index contributed by atoms with van der Waals surface area (Å²) < 4.78 is 46.8. The molecule has 1 aliphatic heterocycles. The first-order valence-electron chi connectivity index (χ1n) is 8.43. The first kappa shape index (κ1) is 20.1. The smallest absolute Gasteiger partial charge is 0.422 e. The highest BCUT2D eigenvalue weighted by atomic mass is 19.4. The third-order valence-corrected chi connectivity index (χ3v) is 3.56. The summed E-state index contributed by atoms with van der Waals surface area (Å²) in [6.45, 7) is 5.17. The van der Waals surface area contributed by atoms with Gasteiger partial charge in [-0.25, -0.2) is 4.79 Å². The van der Waals surface area contributed by atoms with Crippen molar-refractivity contribution in [2.75, 3.05) is 24.6 Å². The van der Waals surface area contributed by atoms with E-state index in [0.717, 1.165) is 12.8 Å². The summed E-state index contributed by atoms with van der Waals surface area (Å²) in [6, 6.07) is 4.56. The maximum Gasteiger partial charge on any atom is 0.422 e. The number of alkyl halides is 3. The summed E-state index contributed by atoms with van der Waals surface area (Å²) in [5, 5.41) is 2.82. The lowest BCUT2D eigenvalue weighted by molar-refractivity contribution is -0.154. The highest BCUT2D eigenvalue weighted by molar-refractivity contribution is 5.68. The highest BCUT2D eigenvalue weighted by Gasteiger charge is 2.29. The van der Waals surface area contributed by atoms with Crippen LogP contribution in [-0.2, 0) is 4.74 Å². The molecule has 1 aromatic rings. The molecule has 0 radical (unpaired) electrons. The van der Waals surface area contributed by atoms with Gasteiger partial charge in [-0.2, -0.15) is 18.2 Å². The number of nitrogens with one attached hydrogen (secondary N) is 1. The van der Waals surface area contributed by atoms with Crippen LogP contribution in [0.25, 0.3) is 0 Å². The van der Waals surface area contributed by atoms with Gasteiger partial charge in [0.15, 0.2) is 6.61 Å². The van der Waals surface area contributed by atoms with Crippen molar-refractivity contribution in [2.24, 2.45) is 0 Å². The van der Waals surface area contributed by atoms with Crippen LogP contribution < -0.4 is 15.0 Å². The van der Waals surface area contributed by atoms with Crippen molar-refractivity contribution in [3.63, 3.8) is 0 Å². The van der Waals surface area contributed by atoms with Crippen LogP contribution in [0.5, 0.6) is 5.88 Å². The molecule has 146 valence electrons. The summed E-state index contributed by atoms with van der Waals surface area (Å²) in [5.74, 6) is 0.433. The molecule has 0 aliphatic carbocycles. The number of anilines is 1. The fraction of sp³-hybridized carbons (Fsp3) is 0.647. The third kappa shape index (κ3) is 6.97. The molecule has 1 amide bonds. The minimum atomic E-state index is -4.41. The van der Waals surface area contributed by atoms with E-state index >= 15 is 0 Å². The number of alkyl carbamates (subject to hydrolysis) is 1. The molecular formula is C17H24F3N3O3. The van der Waals surface area contributed by atoms with E-state index in [0.29, 0.717) is 18.9 Å². The van der Waals surface area contributed by atoms with Gasteiger partial charge in [-0.15, -0.1) is 0 Å². The molecule has 0 aromatic carbocycles. The number of carbonyl (C=O) groups is 1. The summed E-state index contributed by atoms with van der Waals surface area (Å²) in [7, 11) is 0. The number of ether oxygens (including phenoxy) is 2. The Morgan fingerprint density at radius 2 is 2.08 bits per heavy atom. The van der Waals surface area contributed by atoms with E-state index in [-0.39, 0.29) is 11.9 Å². The quantitative estimate of drug-likeness (QED) is 0.872. The Kier molecular flexibility index (Phi) is 6.20. The molecule has 1 unspecified atom stereocenters. The van der Waals surface area contributed by atoms with Gasteiger partial charge in [-0.3, -0.25) is 0 Å². The molecule has 1 saturated heterocycles. The molecule has 6 nitrogen and oxygen atoms in total. The molecular weight excluding hydrogens is 351 g/mol. The second-order valence-electron chi connectivity index (χ2n) is 7.17. The van der Waals surface area contributed by atoms with Gasteiger partial charge in [0.05, 0.1) is 0 Å². The average molecular weight is 375 g/mol. The Morgan fingerprint density at radius 3 is 2.73 bits per heavy atom. The first-order chi connectivity index (χ1) is 12.0. The zero-order valence-electron chi connectivity index (χ0n) is 15.1. The lowest BCUT2D eigenvalue weighted by atomic mass is 10.1. The van der Waals surface area contributed by atoms with Crippen LogP contribution in [-0.4, -0.2) is 48.6 Å². The third-order valence-electron chi connectivity index (χ3n) is 3.56. The van der Waals surface area contributed by atoms with Crippen molar-refractivity contribution in [1.29, 1.82) is 0 Å². The van der Waals surface area contributed by atoms with Crippen molar-refractivity contribution in [3.8, 4) is 5.88 Å². The van der Waals surface area contributed by atoms with Crippen molar-refractivity contribution >= 4 is 11.9 Å². The summed E-state index contributed by atoms with van der Waals surface area (Å²) in [4.78, 5) is 18.0. The van der Waals surface area contributed by atoms with Gasteiger partial charge in [0.2, 0.25) is 5.88 Å². The van der Waals surface area contributed by atoms with Gasteiger partial charge in [0.1, 0.15) is 11.4 Å². The Hall–Kier alpha value is -2.19. The second kappa shape index (κ2) is 8.01. The minimum absolute atomic E-state index is 0.0814. The van der Waals surface area contributed by atoms with E-state index in [1.807, 2.05) is 4.90 Å². The molecule has 1 aromatic heterocycles. The van der Waals surface area contributed by atoms with E-state index in [1.165, 1.54) is 6.07 Å². The molecule has 1 aliphatic rings. The van der Waals surface area contributed by atoms with E-state index in [4.69, 9.17) is 9.47 Å². The molecule has 0 bridgehead atoms. The van der Waals surface area contributed by atoms with Gasteiger partial charge in [0, 0.05) is 25.2 Å².